The van der Waals surface area contributed by atoms with E-state index in [0.29, 0.717) is 5.56 Å². The lowest BCUT2D eigenvalue weighted by molar-refractivity contribution is -0.150. The predicted octanol–water partition coefficient (Wildman–Crippen LogP) is 1.88. The first kappa shape index (κ1) is 14.0. The zero-order chi connectivity index (χ0) is 13.7. The van der Waals surface area contributed by atoms with Crippen LogP contribution in [-0.2, 0) is 16.1 Å². The third-order valence-corrected chi connectivity index (χ3v) is 3.55. The molecule has 1 unspecified atom stereocenters. The van der Waals surface area contributed by atoms with Crippen molar-refractivity contribution in [3.63, 3.8) is 0 Å². The Labute approximate surface area is 114 Å². The molecule has 1 aliphatic heterocycles. The summed E-state index contributed by atoms with van der Waals surface area (Å²) in [5.74, 6) is -0.616. The number of piperidine rings is 1. The topological polar surface area (TPSA) is 49.8 Å². The summed E-state index contributed by atoms with van der Waals surface area (Å²) in [5.41, 5.74) is 1.73. The number of likely N-dealkylation sites (tertiary alicyclic amines) is 1. The van der Waals surface area contributed by atoms with Crippen molar-refractivity contribution in [3.8, 4) is 0 Å². The van der Waals surface area contributed by atoms with Gasteiger partial charge in [0.15, 0.2) is 6.10 Å². The van der Waals surface area contributed by atoms with Gasteiger partial charge in [0.1, 0.15) is 0 Å². The maximum absolute atomic E-state index is 11.3. The van der Waals surface area contributed by atoms with Gasteiger partial charge in [0.05, 0.1) is 7.11 Å². The molecule has 1 heterocycles. The minimum atomic E-state index is -1.19. The molecule has 1 atom stereocenters. The zero-order valence-corrected chi connectivity index (χ0v) is 11.3. The molecule has 1 saturated heterocycles. The molecule has 19 heavy (non-hydrogen) atoms. The highest BCUT2D eigenvalue weighted by Gasteiger charge is 2.18. The third kappa shape index (κ3) is 3.78. The van der Waals surface area contributed by atoms with Crippen molar-refractivity contribution in [2.75, 3.05) is 20.2 Å². The maximum Gasteiger partial charge on any atom is 0.339 e. The van der Waals surface area contributed by atoms with Gasteiger partial charge in [-0.3, -0.25) is 4.90 Å². The summed E-state index contributed by atoms with van der Waals surface area (Å²) in [6.45, 7) is 3.13. The van der Waals surface area contributed by atoms with Gasteiger partial charge in [-0.1, -0.05) is 30.7 Å². The molecule has 0 bridgehead atoms. The van der Waals surface area contributed by atoms with Crippen molar-refractivity contribution in [2.45, 2.75) is 31.9 Å². The smallest absolute Gasteiger partial charge is 0.339 e. The van der Waals surface area contributed by atoms with Gasteiger partial charge in [-0.2, -0.15) is 0 Å². The van der Waals surface area contributed by atoms with Crippen molar-refractivity contribution >= 4 is 5.97 Å². The highest BCUT2D eigenvalue weighted by Crippen LogP contribution is 2.18. The number of aliphatic hydroxyl groups excluding tert-OH is 1. The summed E-state index contributed by atoms with van der Waals surface area (Å²) in [6.07, 6.45) is 2.64. The number of carbonyl (C=O) groups is 1. The average Bonchev–Trinajstić information content (AvgIpc) is 2.47. The highest BCUT2D eigenvalue weighted by molar-refractivity contribution is 5.76. The minimum Gasteiger partial charge on any atom is -0.467 e. The van der Waals surface area contributed by atoms with E-state index in [9.17, 15) is 9.90 Å². The van der Waals surface area contributed by atoms with Crippen LogP contribution in [0.5, 0.6) is 0 Å². The number of ether oxygens (including phenoxy) is 1. The summed E-state index contributed by atoms with van der Waals surface area (Å²) in [4.78, 5) is 13.7. The molecule has 0 aromatic heterocycles. The van der Waals surface area contributed by atoms with E-state index in [0.717, 1.165) is 25.2 Å². The number of rotatable bonds is 4. The Morgan fingerprint density at radius 3 is 2.79 bits per heavy atom. The molecular weight excluding hydrogens is 242 g/mol. The Balaban J connectivity index is 2.03. The van der Waals surface area contributed by atoms with Crippen LogP contribution >= 0.6 is 0 Å². The van der Waals surface area contributed by atoms with Crippen LogP contribution < -0.4 is 0 Å². The Bertz CT molecular complexity index is 427. The van der Waals surface area contributed by atoms with Gasteiger partial charge in [0.25, 0.3) is 0 Å². The van der Waals surface area contributed by atoms with Gasteiger partial charge in [-0.25, -0.2) is 4.79 Å². The number of nitrogens with zero attached hydrogens (tertiary/aromatic N) is 1. The zero-order valence-electron chi connectivity index (χ0n) is 11.3. The largest absolute Gasteiger partial charge is 0.467 e. The van der Waals surface area contributed by atoms with Crippen LogP contribution in [-0.4, -0.2) is 36.2 Å². The van der Waals surface area contributed by atoms with Crippen LogP contribution in [0.4, 0.5) is 0 Å². The summed E-state index contributed by atoms with van der Waals surface area (Å²) in [5, 5.41) is 9.83. The first-order valence-corrected chi connectivity index (χ1v) is 6.78. The molecule has 1 N–H and O–H groups in total. The van der Waals surface area contributed by atoms with E-state index in [2.05, 4.69) is 9.64 Å². The number of benzene rings is 1. The maximum atomic E-state index is 11.3. The lowest BCUT2D eigenvalue weighted by Gasteiger charge is -2.26. The molecule has 4 heteroatoms. The van der Waals surface area contributed by atoms with Gasteiger partial charge in [-0.05, 0) is 37.1 Å². The summed E-state index contributed by atoms with van der Waals surface area (Å²) < 4.78 is 4.56. The number of hydrogen-bond acceptors (Lipinski definition) is 4. The molecule has 0 saturated carbocycles. The van der Waals surface area contributed by atoms with E-state index in [4.69, 9.17) is 0 Å². The lowest BCUT2D eigenvalue weighted by atomic mass is 10.0. The Kier molecular flexibility index (Phi) is 4.93. The molecule has 0 radical (unpaired) electrons. The average molecular weight is 263 g/mol. The quantitative estimate of drug-likeness (QED) is 0.843. The number of hydrogen-bond donors (Lipinski definition) is 1. The molecule has 1 fully saturated rings. The van der Waals surface area contributed by atoms with E-state index >= 15 is 0 Å². The summed E-state index contributed by atoms with van der Waals surface area (Å²) in [6, 6.07) is 7.54. The van der Waals surface area contributed by atoms with E-state index in [1.165, 1.54) is 26.4 Å². The number of esters is 1. The van der Waals surface area contributed by atoms with Gasteiger partial charge < -0.3 is 9.84 Å². The van der Waals surface area contributed by atoms with Crippen molar-refractivity contribution in [2.24, 2.45) is 0 Å². The van der Waals surface area contributed by atoms with Crippen molar-refractivity contribution in [1.29, 1.82) is 0 Å². The van der Waals surface area contributed by atoms with Crippen molar-refractivity contribution in [3.05, 3.63) is 35.4 Å². The molecule has 104 valence electrons. The first-order chi connectivity index (χ1) is 9.20. The van der Waals surface area contributed by atoms with E-state index in [-0.39, 0.29) is 0 Å². The summed E-state index contributed by atoms with van der Waals surface area (Å²) >= 11 is 0. The fourth-order valence-electron chi connectivity index (χ4n) is 2.48. The van der Waals surface area contributed by atoms with E-state index < -0.39 is 12.1 Å². The molecular formula is C15H21NO3. The van der Waals surface area contributed by atoms with Crippen molar-refractivity contribution < 1.29 is 14.6 Å². The van der Waals surface area contributed by atoms with Gasteiger partial charge in [0, 0.05) is 6.54 Å². The molecule has 0 aliphatic carbocycles. The second-order valence-corrected chi connectivity index (χ2v) is 5.01. The van der Waals surface area contributed by atoms with Crippen LogP contribution in [0.15, 0.2) is 24.3 Å². The SMILES string of the molecule is COC(=O)C(O)c1cccc(CN2CCCCC2)c1. The monoisotopic (exact) mass is 263 g/mol. The molecule has 1 aliphatic rings. The standard InChI is InChI=1S/C15H21NO3/c1-19-15(18)14(17)13-7-5-6-12(10-13)11-16-8-3-2-4-9-16/h5-7,10,14,17H,2-4,8-9,11H2,1H3. The van der Waals surface area contributed by atoms with Crippen LogP contribution in [0.3, 0.4) is 0 Å². The molecule has 0 amide bonds. The molecule has 0 spiro atoms. The second-order valence-electron chi connectivity index (χ2n) is 5.01. The molecule has 1 aromatic carbocycles. The third-order valence-electron chi connectivity index (χ3n) is 3.55. The Morgan fingerprint density at radius 1 is 1.37 bits per heavy atom. The molecule has 1 aromatic rings. The molecule has 2 rings (SSSR count). The number of methoxy groups -OCH3 is 1. The van der Waals surface area contributed by atoms with Gasteiger partial charge in [-0.15, -0.1) is 0 Å². The van der Waals surface area contributed by atoms with Crippen molar-refractivity contribution in [1.82, 2.24) is 4.90 Å². The van der Waals surface area contributed by atoms with Crippen LogP contribution in [0.2, 0.25) is 0 Å². The highest BCUT2D eigenvalue weighted by atomic mass is 16.5. The second kappa shape index (κ2) is 6.68. The lowest BCUT2D eigenvalue weighted by Crippen LogP contribution is -2.29. The Hall–Kier alpha value is -1.39. The normalized spacial score (nSPS) is 18.0. The first-order valence-electron chi connectivity index (χ1n) is 6.78. The van der Waals surface area contributed by atoms with Crippen LogP contribution in [0.25, 0.3) is 0 Å². The fourth-order valence-corrected chi connectivity index (χ4v) is 2.48. The predicted molar refractivity (Wildman–Crippen MR) is 72.5 cm³/mol. The Morgan fingerprint density at radius 2 is 2.11 bits per heavy atom. The number of aliphatic hydroxyl groups is 1. The van der Waals surface area contributed by atoms with Gasteiger partial charge in [0.2, 0.25) is 0 Å². The van der Waals surface area contributed by atoms with Gasteiger partial charge >= 0.3 is 5.97 Å². The van der Waals surface area contributed by atoms with E-state index in [1.807, 2.05) is 18.2 Å². The number of carbonyl (C=O) groups excluding carboxylic acids is 1. The molecule has 4 nitrogen and oxygen atoms in total. The van der Waals surface area contributed by atoms with Crippen LogP contribution in [0.1, 0.15) is 36.5 Å². The minimum absolute atomic E-state index is 0.598. The van der Waals surface area contributed by atoms with E-state index in [1.54, 1.807) is 6.07 Å². The summed E-state index contributed by atoms with van der Waals surface area (Å²) in [7, 11) is 1.28. The fraction of sp³-hybridized carbons (Fsp3) is 0.533. The van der Waals surface area contributed by atoms with Crippen LogP contribution in [0, 0.1) is 0 Å².